The van der Waals surface area contributed by atoms with E-state index in [9.17, 15) is 4.79 Å². The van der Waals surface area contributed by atoms with Crippen LogP contribution in [-0.2, 0) is 17.9 Å². The third kappa shape index (κ3) is 4.99. The topological polar surface area (TPSA) is 29.5 Å². The number of hydrogen-bond acceptors (Lipinski definition) is 4. The van der Waals surface area contributed by atoms with Crippen LogP contribution < -0.4 is 4.74 Å². The van der Waals surface area contributed by atoms with Gasteiger partial charge in [-0.05, 0) is 41.8 Å². The molecule has 1 heterocycles. The van der Waals surface area contributed by atoms with Crippen LogP contribution in [0.3, 0.4) is 0 Å². The monoisotopic (exact) mass is 431 g/mol. The second-order valence-electron chi connectivity index (χ2n) is 7.10. The molecular weight excluding hydrogens is 410 g/mol. The Hall–Kier alpha value is -2.89. The summed E-state index contributed by atoms with van der Waals surface area (Å²) in [6, 6.07) is 25.9. The summed E-state index contributed by atoms with van der Waals surface area (Å²) in [6.45, 7) is 3.09. The molecule has 4 rings (SSSR count). The molecule has 0 N–H and O–H groups in total. The minimum atomic E-state index is -0.0476. The van der Waals surface area contributed by atoms with E-state index in [-0.39, 0.29) is 5.91 Å². The van der Waals surface area contributed by atoms with Gasteiger partial charge in [-0.3, -0.25) is 9.69 Å². The molecule has 0 bridgehead atoms. The average molecular weight is 432 g/mol. The highest BCUT2D eigenvalue weighted by Crippen LogP contribution is 2.33. The molecule has 0 spiro atoms. The molecule has 1 aliphatic heterocycles. The van der Waals surface area contributed by atoms with Crippen molar-refractivity contribution in [1.29, 1.82) is 0 Å². The first-order valence-electron chi connectivity index (χ1n) is 9.66. The maximum atomic E-state index is 12.8. The third-order valence-corrected chi connectivity index (χ3v) is 6.14. The summed E-state index contributed by atoms with van der Waals surface area (Å²) < 4.78 is 6.45. The minimum Gasteiger partial charge on any atom is -0.489 e. The number of ether oxygens (including phenoxy) is 1. The third-order valence-electron chi connectivity index (χ3n) is 4.76. The SMILES string of the molecule is Cc1ccc(COc2ccc(C=C3SC(=S)N(Cc4ccccc4)C3=O)cc2)cc1. The van der Waals surface area contributed by atoms with Gasteiger partial charge in [-0.15, -0.1) is 0 Å². The molecule has 0 atom stereocenters. The van der Waals surface area contributed by atoms with Gasteiger partial charge in [0.15, 0.2) is 0 Å². The van der Waals surface area contributed by atoms with Crippen LogP contribution in [0.1, 0.15) is 22.3 Å². The largest absolute Gasteiger partial charge is 0.489 e. The molecular formula is C25H21NO2S2. The van der Waals surface area contributed by atoms with Crippen molar-refractivity contribution in [3.63, 3.8) is 0 Å². The number of carbonyl (C=O) groups excluding carboxylic acids is 1. The lowest BCUT2D eigenvalue weighted by Gasteiger charge is -2.14. The van der Waals surface area contributed by atoms with Crippen molar-refractivity contribution < 1.29 is 9.53 Å². The summed E-state index contributed by atoms with van der Waals surface area (Å²) in [5.41, 5.74) is 4.37. The van der Waals surface area contributed by atoms with Gasteiger partial charge < -0.3 is 4.74 Å². The summed E-state index contributed by atoms with van der Waals surface area (Å²) in [4.78, 5) is 15.1. The number of rotatable bonds is 6. The van der Waals surface area contributed by atoms with Crippen molar-refractivity contribution in [1.82, 2.24) is 4.90 Å². The lowest BCUT2D eigenvalue weighted by atomic mass is 10.1. The number of nitrogens with zero attached hydrogens (tertiary/aromatic N) is 1. The first-order chi connectivity index (χ1) is 14.6. The van der Waals surface area contributed by atoms with Gasteiger partial charge in [-0.25, -0.2) is 0 Å². The normalized spacial score (nSPS) is 15.1. The fourth-order valence-corrected chi connectivity index (χ4v) is 4.32. The van der Waals surface area contributed by atoms with E-state index in [2.05, 4.69) is 31.2 Å². The van der Waals surface area contributed by atoms with Crippen LogP contribution in [0.15, 0.2) is 83.8 Å². The molecule has 3 aromatic carbocycles. The van der Waals surface area contributed by atoms with Gasteiger partial charge in [-0.2, -0.15) is 0 Å². The Bertz CT molecular complexity index is 1070. The fraction of sp³-hybridized carbons (Fsp3) is 0.120. The Morgan fingerprint density at radius 1 is 0.933 bits per heavy atom. The summed E-state index contributed by atoms with van der Waals surface area (Å²) in [5.74, 6) is 0.748. The van der Waals surface area contributed by atoms with Crippen molar-refractivity contribution in [2.75, 3.05) is 0 Å². The van der Waals surface area contributed by atoms with E-state index in [1.165, 1.54) is 17.3 Å². The molecule has 1 fully saturated rings. The van der Waals surface area contributed by atoms with Crippen LogP contribution in [0.5, 0.6) is 5.75 Å². The number of amides is 1. The number of thioether (sulfide) groups is 1. The molecule has 0 saturated carbocycles. The van der Waals surface area contributed by atoms with E-state index >= 15 is 0 Å². The van der Waals surface area contributed by atoms with E-state index in [0.717, 1.165) is 22.4 Å². The average Bonchev–Trinajstić information content (AvgIpc) is 3.02. The zero-order valence-corrected chi connectivity index (χ0v) is 18.2. The van der Waals surface area contributed by atoms with Crippen molar-refractivity contribution in [3.05, 3.63) is 106 Å². The van der Waals surface area contributed by atoms with Gasteiger partial charge >= 0.3 is 0 Å². The number of hydrogen-bond donors (Lipinski definition) is 0. The molecule has 3 nitrogen and oxygen atoms in total. The van der Waals surface area contributed by atoms with E-state index in [4.69, 9.17) is 17.0 Å². The van der Waals surface area contributed by atoms with Gasteiger partial charge in [0.2, 0.25) is 0 Å². The van der Waals surface area contributed by atoms with Gasteiger partial charge in [-0.1, -0.05) is 96.3 Å². The summed E-state index contributed by atoms with van der Waals surface area (Å²) in [7, 11) is 0. The zero-order valence-electron chi connectivity index (χ0n) is 16.6. The van der Waals surface area contributed by atoms with Crippen molar-refractivity contribution in [3.8, 4) is 5.75 Å². The second-order valence-corrected chi connectivity index (χ2v) is 8.77. The zero-order chi connectivity index (χ0) is 20.9. The number of aryl methyl sites for hydroxylation is 1. The quantitative estimate of drug-likeness (QED) is 0.355. The predicted octanol–water partition coefficient (Wildman–Crippen LogP) is 5.98. The first kappa shape index (κ1) is 20.4. The van der Waals surface area contributed by atoms with Crippen LogP contribution in [-0.4, -0.2) is 15.1 Å². The van der Waals surface area contributed by atoms with Gasteiger partial charge in [0, 0.05) is 0 Å². The first-order valence-corrected chi connectivity index (χ1v) is 10.9. The molecule has 30 heavy (non-hydrogen) atoms. The standard InChI is InChI=1S/C25H21NO2S2/c1-18-7-9-21(10-8-18)17-28-22-13-11-19(12-14-22)15-23-24(27)26(25(29)30-23)16-20-5-3-2-4-6-20/h2-15H,16-17H2,1H3. The van der Waals surface area contributed by atoms with Crippen LogP contribution in [0.25, 0.3) is 6.08 Å². The Kier molecular flexibility index (Phi) is 6.31. The maximum Gasteiger partial charge on any atom is 0.266 e. The molecule has 1 saturated heterocycles. The Morgan fingerprint density at radius 3 is 2.33 bits per heavy atom. The van der Waals surface area contributed by atoms with Gasteiger partial charge in [0.05, 0.1) is 11.4 Å². The van der Waals surface area contributed by atoms with Crippen LogP contribution >= 0.6 is 24.0 Å². The predicted molar refractivity (Wildman–Crippen MR) is 127 cm³/mol. The highest BCUT2D eigenvalue weighted by Gasteiger charge is 2.31. The lowest BCUT2D eigenvalue weighted by Crippen LogP contribution is -2.27. The molecule has 0 unspecified atom stereocenters. The van der Waals surface area contributed by atoms with Crippen LogP contribution in [0.4, 0.5) is 0 Å². The van der Waals surface area contributed by atoms with Crippen molar-refractivity contribution >= 4 is 40.3 Å². The van der Waals surface area contributed by atoms with Crippen LogP contribution in [0.2, 0.25) is 0 Å². The molecule has 0 aliphatic carbocycles. The van der Waals surface area contributed by atoms with E-state index in [0.29, 0.717) is 22.4 Å². The van der Waals surface area contributed by atoms with Crippen molar-refractivity contribution in [2.45, 2.75) is 20.1 Å². The summed E-state index contributed by atoms with van der Waals surface area (Å²) in [5, 5.41) is 0. The van der Waals surface area contributed by atoms with Crippen LogP contribution in [0, 0.1) is 6.92 Å². The molecule has 0 radical (unpaired) electrons. The molecule has 1 amide bonds. The Morgan fingerprint density at radius 2 is 1.63 bits per heavy atom. The fourth-order valence-electron chi connectivity index (χ4n) is 3.06. The summed E-state index contributed by atoms with van der Waals surface area (Å²) in [6.07, 6.45) is 1.88. The van der Waals surface area contributed by atoms with Gasteiger partial charge in [0.1, 0.15) is 16.7 Å². The van der Waals surface area contributed by atoms with Crippen molar-refractivity contribution in [2.24, 2.45) is 0 Å². The van der Waals surface area contributed by atoms with E-state index in [1.54, 1.807) is 4.90 Å². The number of carbonyl (C=O) groups is 1. The number of thiocarbonyl (C=S) groups is 1. The van der Waals surface area contributed by atoms with E-state index in [1.807, 2.05) is 60.7 Å². The minimum absolute atomic E-state index is 0.0476. The second kappa shape index (κ2) is 9.28. The molecule has 1 aliphatic rings. The maximum absolute atomic E-state index is 12.8. The Balaban J connectivity index is 1.40. The molecule has 5 heteroatoms. The number of benzene rings is 3. The molecule has 0 aromatic heterocycles. The highest BCUT2D eigenvalue weighted by molar-refractivity contribution is 8.26. The van der Waals surface area contributed by atoms with E-state index < -0.39 is 0 Å². The highest BCUT2D eigenvalue weighted by atomic mass is 32.2. The smallest absolute Gasteiger partial charge is 0.266 e. The summed E-state index contributed by atoms with van der Waals surface area (Å²) >= 11 is 6.77. The Labute approximate surface area is 186 Å². The molecule has 3 aromatic rings. The lowest BCUT2D eigenvalue weighted by molar-refractivity contribution is -0.122. The molecule has 150 valence electrons. The van der Waals surface area contributed by atoms with Gasteiger partial charge in [0.25, 0.3) is 5.91 Å².